The third-order valence-electron chi connectivity index (χ3n) is 7.04. The standard InChI is InChI=1S/C26H27N7O3/c1-16(2)33-23-18(12-29-33)11-28-22(30-23)24(34)31-26(8-9-26)19-5-3-17(4-6-19)21-13-27-15-32(25(21)35)20-7-10-36-14-20/h3-6,11-13,15-16,20H,7-10,14H2,1-2H3,(H,31,34)/t20-/m0/s1. The fraction of sp³-hybridized carbons (Fsp3) is 0.385. The zero-order valence-electron chi connectivity index (χ0n) is 20.2. The lowest BCUT2D eigenvalue weighted by atomic mass is 10.0. The summed E-state index contributed by atoms with van der Waals surface area (Å²) in [6.07, 6.45) is 8.99. The third-order valence-corrected chi connectivity index (χ3v) is 7.04. The van der Waals surface area contributed by atoms with Crippen molar-refractivity contribution in [2.24, 2.45) is 0 Å². The van der Waals surface area contributed by atoms with Gasteiger partial charge in [0, 0.05) is 25.0 Å². The number of nitrogens with one attached hydrogen (secondary N) is 1. The Kier molecular flexibility index (Phi) is 5.40. The van der Waals surface area contributed by atoms with Crippen LogP contribution in [0.15, 0.2) is 54.0 Å². The third kappa shape index (κ3) is 3.87. The monoisotopic (exact) mass is 485 g/mol. The van der Waals surface area contributed by atoms with Gasteiger partial charge in [0.25, 0.3) is 11.5 Å². The summed E-state index contributed by atoms with van der Waals surface area (Å²) < 4.78 is 8.88. The Morgan fingerprint density at radius 3 is 2.67 bits per heavy atom. The van der Waals surface area contributed by atoms with Crippen molar-refractivity contribution >= 4 is 16.9 Å². The number of benzene rings is 1. The summed E-state index contributed by atoms with van der Waals surface area (Å²) in [4.78, 5) is 39.2. The summed E-state index contributed by atoms with van der Waals surface area (Å²) in [5, 5.41) is 8.28. The highest BCUT2D eigenvalue weighted by Crippen LogP contribution is 2.46. The second-order valence-electron chi connectivity index (χ2n) is 9.81. The van der Waals surface area contributed by atoms with Gasteiger partial charge in [-0.05, 0) is 44.2 Å². The SMILES string of the molecule is CC(C)n1ncc2cnc(C(=O)NC3(c4ccc(-c5cncn([C@H]6CCOC6)c5=O)cc4)CC3)nc21. The normalized spacial score (nSPS) is 18.6. The van der Waals surface area contributed by atoms with Crippen LogP contribution in [0.2, 0.25) is 0 Å². The lowest BCUT2D eigenvalue weighted by Gasteiger charge is -2.18. The molecule has 6 rings (SSSR count). The molecule has 1 saturated heterocycles. The minimum absolute atomic E-state index is 0.0229. The lowest BCUT2D eigenvalue weighted by molar-refractivity contribution is 0.0920. The first-order valence-corrected chi connectivity index (χ1v) is 12.2. The number of aromatic nitrogens is 6. The number of carbonyl (C=O) groups excluding carboxylic acids is 1. The number of hydrogen-bond donors (Lipinski definition) is 1. The van der Waals surface area contributed by atoms with Crippen LogP contribution in [-0.2, 0) is 10.3 Å². The van der Waals surface area contributed by atoms with Gasteiger partial charge in [0.15, 0.2) is 5.65 Å². The smallest absolute Gasteiger partial charge is 0.289 e. The van der Waals surface area contributed by atoms with E-state index < -0.39 is 5.54 Å². The number of fused-ring (bicyclic) bond motifs is 1. The first-order chi connectivity index (χ1) is 17.4. The summed E-state index contributed by atoms with van der Waals surface area (Å²) >= 11 is 0. The van der Waals surface area contributed by atoms with Gasteiger partial charge in [0.05, 0.1) is 41.7 Å². The molecule has 36 heavy (non-hydrogen) atoms. The van der Waals surface area contributed by atoms with E-state index in [4.69, 9.17) is 4.74 Å². The molecule has 184 valence electrons. The van der Waals surface area contributed by atoms with E-state index in [0.29, 0.717) is 24.4 Å². The number of amides is 1. The highest BCUT2D eigenvalue weighted by molar-refractivity contribution is 5.93. The first-order valence-electron chi connectivity index (χ1n) is 12.2. The molecule has 0 spiro atoms. The molecule has 10 nitrogen and oxygen atoms in total. The Morgan fingerprint density at radius 2 is 1.97 bits per heavy atom. The zero-order chi connectivity index (χ0) is 24.9. The summed E-state index contributed by atoms with van der Waals surface area (Å²) in [6, 6.07) is 7.91. The van der Waals surface area contributed by atoms with Crippen LogP contribution in [0.25, 0.3) is 22.2 Å². The van der Waals surface area contributed by atoms with E-state index >= 15 is 0 Å². The van der Waals surface area contributed by atoms with Gasteiger partial charge in [-0.25, -0.2) is 19.6 Å². The van der Waals surface area contributed by atoms with Crippen LogP contribution < -0.4 is 10.9 Å². The highest BCUT2D eigenvalue weighted by Gasteiger charge is 2.46. The van der Waals surface area contributed by atoms with E-state index in [9.17, 15) is 9.59 Å². The average Bonchev–Trinajstić information content (AvgIpc) is 3.28. The molecular formula is C26H27N7O3. The van der Waals surface area contributed by atoms with E-state index in [0.717, 1.165) is 35.8 Å². The summed E-state index contributed by atoms with van der Waals surface area (Å²) in [5.74, 6) is -0.191. The summed E-state index contributed by atoms with van der Waals surface area (Å²) in [5.41, 5.74) is 2.45. The van der Waals surface area contributed by atoms with Gasteiger partial charge in [-0.1, -0.05) is 24.3 Å². The van der Waals surface area contributed by atoms with Crippen molar-refractivity contribution in [1.29, 1.82) is 0 Å². The predicted molar refractivity (Wildman–Crippen MR) is 132 cm³/mol. The van der Waals surface area contributed by atoms with Crippen molar-refractivity contribution in [3.05, 3.63) is 70.9 Å². The second kappa shape index (κ2) is 8.63. The Labute approximate surface area is 207 Å². The summed E-state index contributed by atoms with van der Waals surface area (Å²) in [6.45, 7) is 5.22. The van der Waals surface area contributed by atoms with Crippen LogP contribution in [0.1, 0.15) is 61.4 Å². The molecule has 1 amide bonds. The predicted octanol–water partition coefficient (Wildman–Crippen LogP) is 3.01. The van der Waals surface area contributed by atoms with Gasteiger partial charge in [0.2, 0.25) is 5.82 Å². The van der Waals surface area contributed by atoms with E-state index in [1.54, 1.807) is 34.2 Å². The molecular weight excluding hydrogens is 458 g/mol. The molecule has 1 atom stereocenters. The molecule has 0 radical (unpaired) electrons. The first kappa shape index (κ1) is 22.5. The number of carbonyl (C=O) groups is 1. The van der Waals surface area contributed by atoms with Crippen molar-refractivity contribution in [3.8, 4) is 11.1 Å². The molecule has 1 aliphatic heterocycles. The van der Waals surface area contributed by atoms with Crippen molar-refractivity contribution in [2.75, 3.05) is 13.2 Å². The van der Waals surface area contributed by atoms with E-state index in [1.165, 1.54) is 0 Å². The fourth-order valence-electron chi connectivity index (χ4n) is 4.80. The van der Waals surface area contributed by atoms with Gasteiger partial charge in [-0.3, -0.25) is 14.2 Å². The van der Waals surface area contributed by atoms with Crippen LogP contribution >= 0.6 is 0 Å². The largest absolute Gasteiger partial charge is 0.379 e. The average molecular weight is 486 g/mol. The number of nitrogens with zero attached hydrogens (tertiary/aromatic N) is 6. The zero-order valence-corrected chi connectivity index (χ0v) is 20.2. The fourth-order valence-corrected chi connectivity index (χ4v) is 4.80. The molecule has 4 aromatic rings. The molecule has 2 aliphatic rings. The van der Waals surface area contributed by atoms with Crippen LogP contribution in [-0.4, -0.2) is 48.4 Å². The molecule has 3 aromatic heterocycles. The molecule has 0 bridgehead atoms. The second-order valence-corrected chi connectivity index (χ2v) is 9.81. The number of rotatable bonds is 6. The molecule has 1 aromatic carbocycles. The number of hydrogen-bond acceptors (Lipinski definition) is 7. The molecule has 0 unspecified atom stereocenters. The minimum Gasteiger partial charge on any atom is -0.379 e. The van der Waals surface area contributed by atoms with Crippen LogP contribution in [0.5, 0.6) is 0 Å². The van der Waals surface area contributed by atoms with Crippen LogP contribution in [0.4, 0.5) is 0 Å². The molecule has 4 heterocycles. The maximum absolute atomic E-state index is 13.1. The van der Waals surface area contributed by atoms with Crippen molar-refractivity contribution in [2.45, 2.75) is 50.7 Å². The maximum atomic E-state index is 13.1. The van der Waals surface area contributed by atoms with Crippen LogP contribution in [0, 0.1) is 0 Å². The topological polar surface area (TPSA) is 117 Å². The maximum Gasteiger partial charge on any atom is 0.289 e. The highest BCUT2D eigenvalue weighted by atomic mass is 16.5. The quantitative estimate of drug-likeness (QED) is 0.446. The Morgan fingerprint density at radius 1 is 1.17 bits per heavy atom. The molecule has 2 fully saturated rings. The lowest BCUT2D eigenvalue weighted by Crippen LogP contribution is -2.36. The van der Waals surface area contributed by atoms with Gasteiger partial charge < -0.3 is 10.1 Å². The van der Waals surface area contributed by atoms with Gasteiger partial charge >= 0.3 is 0 Å². The number of ether oxygens (including phenoxy) is 1. The molecule has 10 heteroatoms. The molecule has 1 aliphatic carbocycles. The van der Waals surface area contributed by atoms with Crippen molar-refractivity contribution in [3.63, 3.8) is 0 Å². The van der Waals surface area contributed by atoms with E-state index in [1.807, 2.05) is 38.1 Å². The molecule has 1 N–H and O–H groups in total. The van der Waals surface area contributed by atoms with Gasteiger partial charge in [-0.15, -0.1) is 0 Å². The summed E-state index contributed by atoms with van der Waals surface area (Å²) in [7, 11) is 0. The van der Waals surface area contributed by atoms with Gasteiger partial charge in [-0.2, -0.15) is 5.10 Å². The Balaban J connectivity index is 1.23. The van der Waals surface area contributed by atoms with E-state index in [2.05, 4.69) is 25.4 Å². The minimum atomic E-state index is -0.456. The van der Waals surface area contributed by atoms with Gasteiger partial charge in [0.1, 0.15) is 0 Å². The van der Waals surface area contributed by atoms with Crippen molar-refractivity contribution in [1.82, 2.24) is 34.6 Å². The Bertz CT molecular complexity index is 1500. The van der Waals surface area contributed by atoms with E-state index in [-0.39, 0.29) is 29.4 Å². The molecule has 1 saturated carbocycles. The van der Waals surface area contributed by atoms with Crippen molar-refractivity contribution < 1.29 is 9.53 Å². The Hall–Kier alpha value is -3.92. The van der Waals surface area contributed by atoms with Crippen LogP contribution in [0.3, 0.4) is 0 Å².